The molecule has 2 aliphatic rings. The zero-order valence-corrected chi connectivity index (χ0v) is 15.3. The molecule has 0 radical (unpaired) electrons. The summed E-state index contributed by atoms with van der Waals surface area (Å²) in [5, 5.41) is 9.82. The third-order valence-corrected chi connectivity index (χ3v) is 5.64. The standard InChI is InChI=1S/C22H23N3O2/c23-17-22(18-6-2-1-3-7-18)10-12-24(13-11-22)16-21(26)25-14-15-27-20-9-5-4-8-19(20)25/h1-9H,10-16H2. The molecule has 0 unspecified atom stereocenters. The minimum absolute atomic E-state index is 0.0925. The van der Waals surface area contributed by atoms with Crippen LogP contribution in [0.25, 0.3) is 0 Å². The van der Waals surface area contributed by atoms with Gasteiger partial charge in [-0.15, -0.1) is 0 Å². The summed E-state index contributed by atoms with van der Waals surface area (Å²) in [5.41, 5.74) is 1.49. The van der Waals surface area contributed by atoms with Crippen molar-refractivity contribution in [1.82, 2.24) is 4.90 Å². The van der Waals surface area contributed by atoms with E-state index < -0.39 is 5.41 Å². The third-order valence-electron chi connectivity index (χ3n) is 5.64. The molecule has 0 bridgehead atoms. The molecule has 1 saturated heterocycles. The maximum absolute atomic E-state index is 12.9. The van der Waals surface area contributed by atoms with Crippen LogP contribution in [0.2, 0.25) is 0 Å². The Morgan fingerprint density at radius 2 is 1.74 bits per heavy atom. The summed E-state index contributed by atoms with van der Waals surface area (Å²) >= 11 is 0. The van der Waals surface area contributed by atoms with Gasteiger partial charge in [-0.2, -0.15) is 5.26 Å². The fourth-order valence-corrected chi connectivity index (χ4v) is 4.02. The fourth-order valence-electron chi connectivity index (χ4n) is 4.02. The highest BCUT2D eigenvalue weighted by Crippen LogP contribution is 2.35. The number of hydrogen-bond acceptors (Lipinski definition) is 4. The lowest BCUT2D eigenvalue weighted by atomic mass is 9.74. The van der Waals surface area contributed by atoms with Crippen LogP contribution in [0, 0.1) is 11.3 Å². The molecular formula is C22H23N3O2. The Balaban J connectivity index is 1.41. The van der Waals surface area contributed by atoms with Crippen LogP contribution in [0.4, 0.5) is 5.69 Å². The lowest BCUT2D eigenvalue weighted by Crippen LogP contribution is -2.48. The van der Waals surface area contributed by atoms with Crippen molar-refractivity contribution in [2.45, 2.75) is 18.3 Å². The van der Waals surface area contributed by atoms with Gasteiger partial charge in [0.05, 0.1) is 30.3 Å². The molecule has 4 rings (SSSR count). The van der Waals surface area contributed by atoms with Crippen LogP contribution in [0.3, 0.4) is 0 Å². The van der Waals surface area contributed by atoms with Crippen LogP contribution in [-0.4, -0.2) is 43.6 Å². The summed E-state index contributed by atoms with van der Waals surface area (Å²) in [6, 6.07) is 20.2. The van der Waals surface area contributed by atoms with E-state index >= 15 is 0 Å². The van der Waals surface area contributed by atoms with Gasteiger partial charge in [-0.3, -0.25) is 9.69 Å². The van der Waals surface area contributed by atoms with Gasteiger partial charge in [-0.25, -0.2) is 0 Å². The zero-order valence-electron chi connectivity index (χ0n) is 15.3. The number of carbonyl (C=O) groups is 1. The molecule has 27 heavy (non-hydrogen) atoms. The molecule has 138 valence electrons. The normalized spacial score (nSPS) is 18.9. The Labute approximate surface area is 159 Å². The molecule has 0 spiro atoms. The molecule has 0 N–H and O–H groups in total. The summed E-state index contributed by atoms with van der Waals surface area (Å²) in [5.74, 6) is 0.859. The number of fused-ring (bicyclic) bond motifs is 1. The first-order chi connectivity index (χ1) is 13.2. The number of benzene rings is 2. The Hall–Kier alpha value is -2.84. The number of ether oxygens (including phenoxy) is 1. The van der Waals surface area contributed by atoms with Crippen molar-refractivity contribution < 1.29 is 9.53 Å². The van der Waals surface area contributed by atoms with Gasteiger partial charge >= 0.3 is 0 Å². The Kier molecular flexibility index (Phi) is 4.83. The van der Waals surface area contributed by atoms with E-state index in [9.17, 15) is 10.1 Å². The summed E-state index contributed by atoms with van der Waals surface area (Å²) in [7, 11) is 0. The largest absolute Gasteiger partial charge is 0.490 e. The summed E-state index contributed by atoms with van der Waals surface area (Å²) < 4.78 is 5.64. The second kappa shape index (κ2) is 7.42. The first kappa shape index (κ1) is 17.6. The molecule has 5 nitrogen and oxygen atoms in total. The minimum atomic E-state index is -0.438. The van der Waals surface area contributed by atoms with E-state index in [1.54, 1.807) is 0 Å². The number of likely N-dealkylation sites (tertiary alicyclic amines) is 1. The summed E-state index contributed by atoms with van der Waals surface area (Å²) in [6.07, 6.45) is 1.50. The third kappa shape index (κ3) is 3.41. The highest BCUT2D eigenvalue weighted by molar-refractivity contribution is 5.96. The van der Waals surface area contributed by atoms with Gasteiger partial charge in [-0.05, 0) is 30.5 Å². The van der Waals surface area contributed by atoms with Gasteiger partial charge < -0.3 is 9.64 Å². The van der Waals surface area contributed by atoms with Crippen LogP contribution in [0.5, 0.6) is 5.75 Å². The van der Waals surface area contributed by atoms with E-state index in [2.05, 4.69) is 11.0 Å². The van der Waals surface area contributed by atoms with Crippen molar-refractivity contribution in [2.75, 3.05) is 37.7 Å². The molecule has 0 saturated carbocycles. The second-order valence-electron chi connectivity index (χ2n) is 7.20. The Morgan fingerprint density at radius 1 is 1.04 bits per heavy atom. The van der Waals surface area contributed by atoms with Gasteiger partial charge in [0.25, 0.3) is 0 Å². The van der Waals surface area contributed by atoms with Gasteiger partial charge in [0.1, 0.15) is 12.4 Å². The molecule has 1 fully saturated rings. The molecule has 2 aliphatic heterocycles. The van der Waals surface area contributed by atoms with E-state index in [1.807, 2.05) is 59.5 Å². The van der Waals surface area contributed by atoms with Crippen LogP contribution in [0.15, 0.2) is 54.6 Å². The van der Waals surface area contributed by atoms with E-state index in [4.69, 9.17) is 4.74 Å². The van der Waals surface area contributed by atoms with Gasteiger partial charge in [0, 0.05) is 13.1 Å². The van der Waals surface area contributed by atoms with Crippen molar-refractivity contribution >= 4 is 11.6 Å². The highest BCUT2D eigenvalue weighted by atomic mass is 16.5. The van der Waals surface area contributed by atoms with E-state index in [0.717, 1.165) is 42.9 Å². The predicted octanol–water partition coefficient (Wildman–Crippen LogP) is 2.97. The molecular weight excluding hydrogens is 338 g/mol. The van der Waals surface area contributed by atoms with Crippen molar-refractivity contribution in [2.24, 2.45) is 0 Å². The number of hydrogen-bond donors (Lipinski definition) is 0. The van der Waals surface area contributed by atoms with E-state index in [1.165, 1.54) is 0 Å². The summed E-state index contributed by atoms with van der Waals surface area (Å²) in [6.45, 7) is 2.98. The molecule has 0 aromatic heterocycles. The van der Waals surface area contributed by atoms with Gasteiger partial charge in [0.2, 0.25) is 5.91 Å². The molecule has 0 atom stereocenters. The minimum Gasteiger partial charge on any atom is -0.490 e. The molecule has 2 heterocycles. The molecule has 2 aromatic rings. The maximum Gasteiger partial charge on any atom is 0.241 e. The summed E-state index contributed by atoms with van der Waals surface area (Å²) in [4.78, 5) is 16.9. The first-order valence-corrected chi connectivity index (χ1v) is 9.43. The monoisotopic (exact) mass is 361 g/mol. The quantitative estimate of drug-likeness (QED) is 0.843. The Morgan fingerprint density at radius 3 is 2.48 bits per heavy atom. The average molecular weight is 361 g/mol. The maximum atomic E-state index is 12.9. The van der Waals surface area contributed by atoms with Crippen LogP contribution in [0.1, 0.15) is 18.4 Å². The van der Waals surface area contributed by atoms with Crippen molar-refractivity contribution in [3.8, 4) is 11.8 Å². The number of nitriles is 1. The Bertz CT molecular complexity index is 851. The second-order valence-corrected chi connectivity index (χ2v) is 7.20. The van der Waals surface area contributed by atoms with E-state index in [0.29, 0.717) is 19.7 Å². The van der Waals surface area contributed by atoms with Crippen LogP contribution in [-0.2, 0) is 10.2 Å². The molecule has 2 aromatic carbocycles. The smallest absolute Gasteiger partial charge is 0.241 e. The van der Waals surface area contributed by atoms with Crippen molar-refractivity contribution in [3.63, 3.8) is 0 Å². The van der Waals surface area contributed by atoms with Gasteiger partial charge in [0.15, 0.2) is 0 Å². The number of carbonyl (C=O) groups excluding carboxylic acids is 1. The zero-order chi connectivity index (χ0) is 18.7. The number of para-hydroxylation sites is 2. The SMILES string of the molecule is N#CC1(c2ccccc2)CCN(CC(=O)N2CCOc3ccccc32)CC1. The number of amides is 1. The fraction of sp³-hybridized carbons (Fsp3) is 0.364. The highest BCUT2D eigenvalue weighted by Gasteiger charge is 2.37. The van der Waals surface area contributed by atoms with Crippen molar-refractivity contribution in [1.29, 1.82) is 5.26 Å². The predicted molar refractivity (Wildman–Crippen MR) is 104 cm³/mol. The first-order valence-electron chi connectivity index (χ1n) is 9.43. The van der Waals surface area contributed by atoms with Crippen LogP contribution >= 0.6 is 0 Å². The number of piperidine rings is 1. The lowest BCUT2D eigenvalue weighted by Gasteiger charge is -2.38. The van der Waals surface area contributed by atoms with Crippen molar-refractivity contribution in [3.05, 3.63) is 60.2 Å². The lowest BCUT2D eigenvalue weighted by molar-refractivity contribution is -0.120. The number of anilines is 1. The number of nitrogens with zero attached hydrogens (tertiary/aromatic N) is 3. The molecule has 5 heteroatoms. The van der Waals surface area contributed by atoms with Gasteiger partial charge in [-0.1, -0.05) is 42.5 Å². The van der Waals surface area contributed by atoms with E-state index in [-0.39, 0.29) is 5.91 Å². The average Bonchev–Trinajstić information content (AvgIpc) is 2.74. The molecule has 1 amide bonds. The van der Waals surface area contributed by atoms with Crippen LogP contribution < -0.4 is 9.64 Å². The number of rotatable bonds is 3. The topological polar surface area (TPSA) is 56.6 Å². The molecule has 0 aliphatic carbocycles.